The van der Waals surface area contributed by atoms with Crippen LogP contribution in [-0.2, 0) is 4.79 Å². The van der Waals surface area contributed by atoms with Gasteiger partial charge in [0.1, 0.15) is 5.69 Å². The second kappa shape index (κ2) is 5.88. The predicted octanol–water partition coefficient (Wildman–Crippen LogP) is 3.30. The van der Waals surface area contributed by atoms with Crippen LogP contribution in [0.25, 0.3) is 0 Å². The molecule has 0 saturated heterocycles. The van der Waals surface area contributed by atoms with Gasteiger partial charge in [0.25, 0.3) is 5.69 Å². The molecule has 6 nitrogen and oxygen atoms in total. The molecule has 0 radical (unpaired) electrons. The molecule has 104 valence electrons. The fourth-order valence-corrected chi connectivity index (χ4v) is 1.77. The first-order chi connectivity index (χ1) is 8.71. The van der Waals surface area contributed by atoms with Gasteiger partial charge in [0, 0.05) is 23.0 Å². The molecule has 1 rings (SSSR count). The minimum absolute atomic E-state index is 0.0125. The zero-order valence-corrected chi connectivity index (χ0v) is 11.4. The van der Waals surface area contributed by atoms with Crippen LogP contribution in [0.5, 0.6) is 0 Å². The average molecular weight is 287 g/mol. The van der Waals surface area contributed by atoms with Crippen LogP contribution in [0.2, 0.25) is 5.02 Å². The molecule has 7 heteroatoms. The summed E-state index contributed by atoms with van der Waals surface area (Å²) in [6, 6.07) is 4.32. The van der Waals surface area contributed by atoms with E-state index in [1.54, 1.807) is 19.9 Å². The van der Waals surface area contributed by atoms with Crippen LogP contribution in [0.3, 0.4) is 0 Å². The van der Waals surface area contributed by atoms with Gasteiger partial charge < -0.3 is 10.4 Å². The first kappa shape index (κ1) is 15.2. The van der Waals surface area contributed by atoms with Gasteiger partial charge in [0.05, 0.1) is 4.92 Å². The molecule has 1 aromatic rings. The maximum absolute atomic E-state index is 10.9. The standard InChI is InChI=1S/C12H15ClN2O4/c1-12(2,6-5-11(16)17)14-9-4-3-8(13)7-10(9)15(18)19/h3-4,7,14H,5-6H2,1-2H3,(H,16,17). The number of carboxylic acid groups (broad SMARTS) is 1. The number of nitrogens with one attached hydrogen (secondary N) is 1. The largest absolute Gasteiger partial charge is 0.481 e. The van der Waals surface area contributed by atoms with Crippen LogP contribution >= 0.6 is 11.6 Å². The highest BCUT2D eigenvalue weighted by Crippen LogP contribution is 2.31. The Balaban J connectivity index is 2.92. The molecule has 0 spiro atoms. The zero-order valence-electron chi connectivity index (χ0n) is 10.6. The van der Waals surface area contributed by atoms with Crippen LogP contribution in [0, 0.1) is 10.1 Å². The summed E-state index contributed by atoms with van der Waals surface area (Å²) in [5.74, 6) is -0.902. The van der Waals surface area contributed by atoms with Gasteiger partial charge in [-0.05, 0) is 32.4 Å². The van der Waals surface area contributed by atoms with Crippen LogP contribution in [0.1, 0.15) is 26.7 Å². The average Bonchev–Trinajstić information content (AvgIpc) is 2.28. The summed E-state index contributed by atoms with van der Waals surface area (Å²) in [5.41, 5.74) is -0.377. The molecule has 0 aromatic heterocycles. The van der Waals surface area contributed by atoms with Crippen LogP contribution < -0.4 is 5.32 Å². The smallest absolute Gasteiger partial charge is 0.303 e. The van der Waals surface area contributed by atoms with Crippen molar-refractivity contribution >= 4 is 28.9 Å². The normalized spacial score (nSPS) is 11.1. The summed E-state index contributed by atoms with van der Waals surface area (Å²) in [6.45, 7) is 3.57. The molecule has 0 amide bonds. The summed E-state index contributed by atoms with van der Waals surface area (Å²) in [4.78, 5) is 21.0. The number of nitrogens with zero attached hydrogens (tertiary/aromatic N) is 1. The maximum Gasteiger partial charge on any atom is 0.303 e. The SMILES string of the molecule is CC(C)(CCC(=O)O)Nc1ccc(Cl)cc1[N+](=O)[O-]. The number of benzene rings is 1. The molecule has 0 aliphatic heterocycles. The van der Waals surface area contributed by atoms with Gasteiger partial charge in [-0.15, -0.1) is 0 Å². The number of anilines is 1. The van der Waals surface area contributed by atoms with E-state index < -0.39 is 16.4 Å². The fourth-order valence-electron chi connectivity index (χ4n) is 1.61. The van der Waals surface area contributed by atoms with Gasteiger partial charge in [-0.2, -0.15) is 0 Å². The number of hydrogen-bond acceptors (Lipinski definition) is 4. The van der Waals surface area contributed by atoms with Gasteiger partial charge >= 0.3 is 5.97 Å². The summed E-state index contributed by atoms with van der Waals surface area (Å²) in [5, 5.41) is 22.9. The van der Waals surface area contributed by atoms with Crippen LogP contribution in [0.15, 0.2) is 18.2 Å². The minimum atomic E-state index is -0.902. The molecule has 0 heterocycles. The van der Waals surface area contributed by atoms with E-state index in [9.17, 15) is 14.9 Å². The fraction of sp³-hybridized carbons (Fsp3) is 0.417. The lowest BCUT2D eigenvalue weighted by atomic mass is 9.97. The number of rotatable bonds is 6. The van der Waals surface area contributed by atoms with Gasteiger partial charge in [-0.1, -0.05) is 11.6 Å². The molecular weight excluding hydrogens is 272 g/mol. The van der Waals surface area contributed by atoms with E-state index in [1.165, 1.54) is 12.1 Å². The number of carbonyl (C=O) groups is 1. The Morgan fingerprint density at radius 3 is 2.68 bits per heavy atom. The quantitative estimate of drug-likeness (QED) is 0.618. The minimum Gasteiger partial charge on any atom is -0.481 e. The van der Waals surface area contributed by atoms with Gasteiger partial charge in [0.2, 0.25) is 0 Å². The topological polar surface area (TPSA) is 92.5 Å². The van der Waals surface area contributed by atoms with Crippen molar-refractivity contribution < 1.29 is 14.8 Å². The Kier molecular flexibility index (Phi) is 4.72. The van der Waals surface area contributed by atoms with Crippen LogP contribution in [-0.4, -0.2) is 21.5 Å². The molecule has 2 N–H and O–H groups in total. The van der Waals surface area contributed by atoms with Crippen molar-refractivity contribution in [2.24, 2.45) is 0 Å². The molecule has 1 aromatic carbocycles. The van der Waals surface area contributed by atoms with Crippen molar-refractivity contribution in [3.8, 4) is 0 Å². The van der Waals surface area contributed by atoms with E-state index >= 15 is 0 Å². The first-order valence-electron chi connectivity index (χ1n) is 5.65. The monoisotopic (exact) mass is 286 g/mol. The van der Waals surface area contributed by atoms with E-state index in [4.69, 9.17) is 16.7 Å². The Morgan fingerprint density at radius 2 is 2.16 bits per heavy atom. The Labute approximate surface area is 115 Å². The number of hydrogen-bond donors (Lipinski definition) is 2. The van der Waals surface area contributed by atoms with Gasteiger partial charge in [-0.25, -0.2) is 0 Å². The highest BCUT2D eigenvalue weighted by molar-refractivity contribution is 6.30. The second-order valence-electron chi connectivity index (χ2n) is 4.82. The maximum atomic E-state index is 10.9. The molecule has 0 aliphatic carbocycles. The number of nitro benzene ring substituents is 1. The number of aliphatic carboxylic acids is 1. The molecule has 0 atom stereocenters. The highest BCUT2D eigenvalue weighted by Gasteiger charge is 2.23. The lowest BCUT2D eigenvalue weighted by molar-refractivity contribution is -0.384. The lowest BCUT2D eigenvalue weighted by Crippen LogP contribution is -2.31. The third-order valence-electron chi connectivity index (χ3n) is 2.59. The number of nitro groups is 1. The predicted molar refractivity (Wildman–Crippen MR) is 72.7 cm³/mol. The summed E-state index contributed by atoms with van der Waals surface area (Å²) >= 11 is 5.72. The highest BCUT2D eigenvalue weighted by atomic mass is 35.5. The molecule has 19 heavy (non-hydrogen) atoms. The second-order valence-corrected chi connectivity index (χ2v) is 5.26. The van der Waals surface area contributed by atoms with E-state index in [0.29, 0.717) is 12.1 Å². The van der Waals surface area contributed by atoms with Gasteiger partial charge in [-0.3, -0.25) is 14.9 Å². The Morgan fingerprint density at radius 1 is 1.53 bits per heavy atom. The van der Waals surface area contributed by atoms with Crippen molar-refractivity contribution in [3.63, 3.8) is 0 Å². The molecule has 0 aliphatic rings. The molecular formula is C12H15ClN2O4. The Hall–Kier alpha value is -1.82. The van der Waals surface area contributed by atoms with Crippen molar-refractivity contribution in [3.05, 3.63) is 33.3 Å². The molecule has 0 saturated carbocycles. The zero-order chi connectivity index (χ0) is 14.6. The van der Waals surface area contributed by atoms with Crippen molar-refractivity contribution in [1.82, 2.24) is 0 Å². The van der Waals surface area contributed by atoms with Crippen molar-refractivity contribution in [2.75, 3.05) is 5.32 Å². The summed E-state index contributed by atoms with van der Waals surface area (Å²) in [7, 11) is 0. The van der Waals surface area contributed by atoms with Gasteiger partial charge in [0.15, 0.2) is 0 Å². The summed E-state index contributed by atoms with van der Waals surface area (Å²) < 4.78 is 0. The summed E-state index contributed by atoms with van der Waals surface area (Å²) in [6.07, 6.45) is 0.337. The van der Waals surface area contributed by atoms with E-state index in [1.807, 2.05) is 0 Å². The number of carboxylic acids is 1. The molecule has 0 bridgehead atoms. The van der Waals surface area contributed by atoms with E-state index in [2.05, 4.69) is 5.32 Å². The first-order valence-corrected chi connectivity index (χ1v) is 6.03. The van der Waals surface area contributed by atoms with Crippen molar-refractivity contribution in [2.45, 2.75) is 32.2 Å². The third-order valence-corrected chi connectivity index (χ3v) is 2.83. The van der Waals surface area contributed by atoms with Crippen molar-refractivity contribution in [1.29, 1.82) is 0 Å². The number of halogens is 1. The van der Waals surface area contributed by atoms with E-state index in [-0.39, 0.29) is 17.1 Å². The van der Waals surface area contributed by atoms with E-state index in [0.717, 1.165) is 0 Å². The third kappa shape index (κ3) is 4.75. The molecule has 0 unspecified atom stereocenters. The Bertz CT molecular complexity index is 503. The lowest BCUT2D eigenvalue weighted by Gasteiger charge is -2.26. The molecule has 0 fully saturated rings. The van der Waals surface area contributed by atoms with Crippen LogP contribution in [0.4, 0.5) is 11.4 Å².